The topological polar surface area (TPSA) is 119 Å². The Morgan fingerprint density at radius 2 is 1.94 bits per heavy atom. The van der Waals surface area contributed by atoms with E-state index in [-0.39, 0.29) is 22.4 Å². The number of thiazole rings is 1. The number of amides is 1. The van der Waals surface area contributed by atoms with E-state index in [2.05, 4.69) is 39.5 Å². The Hall–Kier alpha value is -2.40. The Labute approximate surface area is 201 Å². The molecule has 3 aromatic heterocycles. The maximum Gasteiger partial charge on any atom is 0.418 e. The van der Waals surface area contributed by atoms with Crippen LogP contribution in [0.25, 0.3) is 0 Å². The van der Waals surface area contributed by atoms with Crippen molar-refractivity contribution in [2.24, 2.45) is 4.99 Å². The van der Waals surface area contributed by atoms with E-state index in [1.807, 2.05) is 0 Å². The van der Waals surface area contributed by atoms with Crippen LogP contribution in [-0.2, 0) is 11.7 Å². The summed E-state index contributed by atoms with van der Waals surface area (Å²) >= 11 is 12.9. The second kappa shape index (κ2) is 8.75. The number of nitrogens with one attached hydrogen (secondary N) is 1. The molecule has 4 rings (SSSR count). The fourth-order valence-corrected chi connectivity index (χ4v) is 4.63. The fraction of sp³-hybridized carbons (Fsp3) is 0.222. The Balaban J connectivity index is 1.55. The number of rotatable bonds is 5. The van der Waals surface area contributed by atoms with Gasteiger partial charge in [-0.1, -0.05) is 32.4 Å². The zero-order chi connectivity index (χ0) is 24.0. The van der Waals surface area contributed by atoms with Gasteiger partial charge in [0.05, 0.1) is 26.5 Å². The number of nitrogen functional groups attached to an aromatic ring is 1. The summed E-state index contributed by atoms with van der Waals surface area (Å²) in [5.74, 6) is -0.684. The predicted molar refractivity (Wildman–Crippen MR) is 122 cm³/mol. The summed E-state index contributed by atoms with van der Waals surface area (Å²) < 4.78 is 39.2. The normalized spacial score (nSPS) is 15.4. The van der Waals surface area contributed by atoms with Crippen molar-refractivity contribution >= 4 is 66.8 Å². The molecule has 0 radical (unpaired) electrons. The lowest BCUT2D eigenvalue weighted by Gasteiger charge is -2.15. The monoisotopic (exact) mass is 533 g/mol. The minimum Gasteiger partial charge on any atom is -0.382 e. The zero-order valence-electron chi connectivity index (χ0n) is 16.3. The van der Waals surface area contributed by atoms with Gasteiger partial charge in [-0.2, -0.15) is 13.2 Å². The number of anilines is 1. The first kappa shape index (κ1) is 23.7. The lowest BCUT2D eigenvalue weighted by atomic mass is 10.2. The van der Waals surface area contributed by atoms with Crippen LogP contribution >= 0.6 is 43.8 Å². The number of aromatic nitrogens is 4. The highest BCUT2D eigenvalue weighted by Crippen LogP contribution is 2.47. The van der Waals surface area contributed by atoms with Crippen molar-refractivity contribution < 1.29 is 18.0 Å². The van der Waals surface area contributed by atoms with Crippen molar-refractivity contribution in [2.75, 3.05) is 5.73 Å². The molecule has 0 aromatic carbocycles. The van der Waals surface area contributed by atoms with Gasteiger partial charge < -0.3 is 11.1 Å². The quantitative estimate of drug-likeness (QED) is 0.365. The van der Waals surface area contributed by atoms with E-state index >= 15 is 0 Å². The van der Waals surface area contributed by atoms with Gasteiger partial charge in [-0.25, -0.2) is 24.9 Å². The van der Waals surface area contributed by atoms with Gasteiger partial charge in [-0.05, 0) is 18.9 Å². The highest BCUT2D eigenvalue weighted by Gasteiger charge is 2.49. The molecule has 1 unspecified atom stereocenters. The molecule has 1 saturated carbocycles. The van der Waals surface area contributed by atoms with Gasteiger partial charge in [-0.15, -0.1) is 11.3 Å². The van der Waals surface area contributed by atoms with E-state index in [1.165, 1.54) is 17.5 Å². The average Bonchev–Trinajstić information content (AvgIpc) is 3.33. The minimum absolute atomic E-state index is 0.00782. The largest absolute Gasteiger partial charge is 0.418 e. The Bertz CT molecular complexity index is 1280. The van der Waals surface area contributed by atoms with Crippen LogP contribution in [0.4, 0.5) is 24.8 Å². The van der Waals surface area contributed by atoms with Crippen LogP contribution in [0.2, 0.25) is 10.0 Å². The molecule has 3 heterocycles. The van der Waals surface area contributed by atoms with Gasteiger partial charge in [0.15, 0.2) is 11.5 Å². The van der Waals surface area contributed by atoms with Crippen molar-refractivity contribution in [3.05, 3.63) is 56.0 Å². The van der Waals surface area contributed by atoms with Crippen LogP contribution in [0.15, 0.2) is 29.8 Å². The number of pyridine rings is 1. The van der Waals surface area contributed by atoms with Crippen LogP contribution in [0, 0.1) is 0 Å². The lowest BCUT2D eigenvalue weighted by Crippen LogP contribution is -2.35. The number of halogens is 5. The van der Waals surface area contributed by atoms with Crippen LogP contribution in [0.5, 0.6) is 0 Å². The molecule has 0 saturated heterocycles. The lowest BCUT2D eigenvalue weighted by molar-refractivity contribution is -0.137. The highest BCUT2D eigenvalue weighted by molar-refractivity contribution is 7.44. The van der Waals surface area contributed by atoms with Gasteiger partial charge in [0.25, 0.3) is 5.91 Å². The van der Waals surface area contributed by atoms with Crippen molar-refractivity contribution in [3.8, 4) is 0 Å². The number of carbonyl (C=O) groups is 1. The molecule has 0 spiro atoms. The van der Waals surface area contributed by atoms with E-state index in [4.69, 9.17) is 28.9 Å². The van der Waals surface area contributed by atoms with E-state index < -0.39 is 28.2 Å². The predicted octanol–water partition coefficient (Wildman–Crippen LogP) is 4.61. The smallest absolute Gasteiger partial charge is 0.382 e. The number of hydrogen-bond acceptors (Lipinski definition) is 8. The maximum atomic E-state index is 13.1. The van der Waals surface area contributed by atoms with E-state index in [0.29, 0.717) is 28.2 Å². The number of carbonyl (C=O) groups excluding carboxylic acids is 1. The number of alkyl halides is 3. The van der Waals surface area contributed by atoms with Crippen LogP contribution < -0.4 is 11.1 Å². The van der Waals surface area contributed by atoms with Gasteiger partial charge in [0, 0.05) is 12.4 Å². The Morgan fingerprint density at radius 3 is 2.61 bits per heavy atom. The molecule has 172 valence electrons. The summed E-state index contributed by atoms with van der Waals surface area (Å²) in [4.78, 5) is 33.2. The molecule has 1 amide bonds. The molecular weight excluding hydrogens is 521 g/mol. The second-order valence-corrected chi connectivity index (χ2v) is 9.37. The third kappa shape index (κ3) is 4.93. The van der Waals surface area contributed by atoms with Crippen molar-refractivity contribution in [1.82, 2.24) is 25.3 Å². The van der Waals surface area contributed by atoms with Gasteiger partial charge in [0.2, 0.25) is 0 Å². The molecule has 1 fully saturated rings. The molecule has 3 N–H and O–H groups in total. The first-order valence-electron chi connectivity index (χ1n) is 9.12. The van der Waals surface area contributed by atoms with E-state index in [1.54, 1.807) is 0 Å². The Kier molecular flexibility index (Phi) is 6.30. The molecule has 3 aromatic rings. The summed E-state index contributed by atoms with van der Waals surface area (Å²) in [5, 5.41) is 2.94. The summed E-state index contributed by atoms with van der Waals surface area (Å²) in [6.07, 6.45) is 0.217. The number of nitrogens with zero attached hydrogens (tertiary/aromatic N) is 5. The number of nitrogens with two attached hydrogens (primary N) is 1. The van der Waals surface area contributed by atoms with Crippen LogP contribution in [-0.4, -0.2) is 31.3 Å². The number of hydrogen-bond donors (Lipinski definition) is 2. The molecule has 33 heavy (non-hydrogen) atoms. The molecule has 0 aliphatic heterocycles. The van der Waals surface area contributed by atoms with Crippen LogP contribution in [0.1, 0.15) is 38.8 Å². The van der Waals surface area contributed by atoms with Gasteiger partial charge >= 0.3 is 6.18 Å². The molecular formula is C18H13Cl2F3N7OPS. The van der Waals surface area contributed by atoms with Gasteiger partial charge in [0.1, 0.15) is 22.2 Å². The molecule has 1 atom stereocenters. The zero-order valence-corrected chi connectivity index (χ0v) is 19.8. The second-order valence-electron chi connectivity index (χ2n) is 7.00. The van der Waals surface area contributed by atoms with Crippen molar-refractivity contribution in [2.45, 2.75) is 24.6 Å². The highest BCUT2D eigenvalue weighted by atomic mass is 35.5. The third-order valence-corrected chi connectivity index (χ3v) is 7.23. The molecule has 0 bridgehead atoms. The van der Waals surface area contributed by atoms with E-state index in [0.717, 1.165) is 18.6 Å². The molecule has 15 heteroatoms. The molecule has 8 nitrogen and oxygen atoms in total. The molecule has 1 aliphatic carbocycles. The minimum atomic E-state index is -4.63. The molecule has 1 aliphatic rings. The third-order valence-electron chi connectivity index (χ3n) is 4.68. The van der Waals surface area contributed by atoms with Crippen molar-refractivity contribution in [3.63, 3.8) is 0 Å². The Morgan fingerprint density at radius 1 is 1.21 bits per heavy atom. The summed E-state index contributed by atoms with van der Waals surface area (Å²) in [5.41, 5.74) is 4.19. The van der Waals surface area contributed by atoms with Gasteiger partial charge in [-0.3, -0.25) is 4.79 Å². The first-order valence-corrected chi connectivity index (χ1v) is 11.3. The summed E-state index contributed by atoms with van der Waals surface area (Å²) in [7, 11) is 2.35. The van der Waals surface area contributed by atoms with Crippen LogP contribution in [0.3, 0.4) is 0 Å². The maximum absolute atomic E-state index is 13.1. The standard InChI is InChI=1S/C18H13Cl2F3N7OPS/c19-8-4-25-10(3-7(8)18(21,22)23)29-15(32)9-5-26-16(33-9)17(1-2-17)30-14(31)12-11(20)13(24)28-6-27-12/h3-6H,1-2,32H2,(H,30,31)(H2,24,27,28). The van der Waals surface area contributed by atoms with E-state index in [9.17, 15) is 18.0 Å². The number of aliphatic imine (C=N–C) groups is 1. The first-order chi connectivity index (χ1) is 15.5. The van der Waals surface area contributed by atoms with Crippen molar-refractivity contribution in [1.29, 1.82) is 0 Å². The summed E-state index contributed by atoms with van der Waals surface area (Å²) in [6.45, 7) is 0. The fourth-order valence-electron chi connectivity index (χ4n) is 2.83. The average molecular weight is 534 g/mol. The SMILES string of the molecule is Nc1ncnc(C(=O)NC2(c3ncc(C(P)=Nc4cc(C(F)(F)F)c(Cl)cn4)s3)CC2)c1Cl. The summed E-state index contributed by atoms with van der Waals surface area (Å²) in [6, 6.07) is 0.772.